The highest BCUT2D eigenvalue weighted by Gasteiger charge is 2.50. The van der Waals surface area contributed by atoms with Crippen molar-refractivity contribution in [2.45, 2.75) is 78.8 Å². The van der Waals surface area contributed by atoms with Gasteiger partial charge in [-0.1, -0.05) is 25.5 Å². The van der Waals surface area contributed by atoms with Crippen LogP contribution in [0.25, 0.3) is 0 Å². The minimum Gasteiger partial charge on any atom is -0.344 e. The summed E-state index contributed by atoms with van der Waals surface area (Å²) >= 11 is 0. The summed E-state index contributed by atoms with van der Waals surface area (Å²) in [4.78, 5) is 0. The Hall–Kier alpha value is -0.340. The monoisotopic (exact) mass is 252 g/mol. The van der Waals surface area contributed by atoms with Gasteiger partial charge >= 0.3 is 0 Å². The summed E-state index contributed by atoms with van der Waals surface area (Å²) in [6.45, 7) is 15.4. The second-order valence-electron chi connectivity index (χ2n) is 7.63. The first-order chi connectivity index (χ1) is 8.03. The largest absolute Gasteiger partial charge is 0.344 e. The van der Waals surface area contributed by atoms with Crippen LogP contribution >= 0.6 is 0 Å². The van der Waals surface area contributed by atoms with Crippen LogP contribution in [-0.2, 0) is 9.47 Å². The zero-order valence-electron chi connectivity index (χ0n) is 13.0. The molecule has 0 amide bonds. The molecular weight excluding hydrogens is 224 g/mol. The van der Waals surface area contributed by atoms with E-state index in [-0.39, 0.29) is 22.9 Å². The van der Waals surface area contributed by atoms with E-state index in [1.807, 2.05) is 0 Å². The topological polar surface area (TPSA) is 18.5 Å². The van der Waals surface area contributed by atoms with E-state index in [1.165, 1.54) is 12.0 Å². The van der Waals surface area contributed by atoms with Gasteiger partial charge in [-0.05, 0) is 52.4 Å². The zero-order chi connectivity index (χ0) is 13.8. The molecule has 1 saturated heterocycles. The molecule has 1 atom stereocenters. The number of ether oxygens (including phenoxy) is 2. The van der Waals surface area contributed by atoms with Crippen molar-refractivity contribution in [3.63, 3.8) is 0 Å². The molecule has 2 heteroatoms. The molecule has 0 aromatic rings. The van der Waals surface area contributed by atoms with Crippen LogP contribution in [0.3, 0.4) is 0 Å². The summed E-state index contributed by atoms with van der Waals surface area (Å²) in [6, 6.07) is 0. The maximum Gasteiger partial charge on any atom is 0.159 e. The minimum absolute atomic E-state index is 0.0569. The third-order valence-corrected chi connectivity index (χ3v) is 5.02. The fourth-order valence-corrected chi connectivity index (χ4v) is 3.14. The Kier molecular flexibility index (Phi) is 3.19. The quantitative estimate of drug-likeness (QED) is 0.682. The first kappa shape index (κ1) is 14.1. The fourth-order valence-electron chi connectivity index (χ4n) is 3.14. The van der Waals surface area contributed by atoms with E-state index in [0.717, 1.165) is 6.42 Å². The fraction of sp³-hybridized carbons (Fsp3) is 0.875. The molecule has 0 unspecified atom stereocenters. The molecule has 0 aromatic carbocycles. The second-order valence-corrected chi connectivity index (χ2v) is 7.63. The Morgan fingerprint density at radius 2 is 1.56 bits per heavy atom. The van der Waals surface area contributed by atoms with Gasteiger partial charge in [0, 0.05) is 6.42 Å². The predicted molar refractivity (Wildman–Crippen MR) is 74.4 cm³/mol. The number of allylic oxidation sites excluding steroid dienone is 2. The number of hydrogen-bond donors (Lipinski definition) is 0. The van der Waals surface area contributed by atoms with Crippen molar-refractivity contribution in [2.75, 3.05) is 0 Å². The van der Waals surface area contributed by atoms with Crippen molar-refractivity contribution in [2.24, 2.45) is 11.3 Å². The Balaban J connectivity index is 2.02. The molecular formula is C16H28O2. The average Bonchev–Trinajstić information content (AvgIpc) is 2.46. The van der Waals surface area contributed by atoms with E-state index in [1.54, 1.807) is 0 Å². The summed E-state index contributed by atoms with van der Waals surface area (Å²) in [7, 11) is 0. The van der Waals surface area contributed by atoms with Crippen LogP contribution < -0.4 is 0 Å². The highest BCUT2D eigenvalue weighted by atomic mass is 16.7. The molecule has 0 radical (unpaired) electrons. The maximum atomic E-state index is 6.11. The maximum absolute atomic E-state index is 6.11. The summed E-state index contributed by atoms with van der Waals surface area (Å²) < 4.78 is 12.2. The van der Waals surface area contributed by atoms with Gasteiger partial charge in [0.25, 0.3) is 0 Å². The van der Waals surface area contributed by atoms with Gasteiger partial charge in [-0.2, -0.15) is 0 Å². The Morgan fingerprint density at radius 1 is 1.06 bits per heavy atom. The van der Waals surface area contributed by atoms with Crippen LogP contribution in [0.15, 0.2) is 11.6 Å². The van der Waals surface area contributed by atoms with Gasteiger partial charge in [-0.25, -0.2) is 0 Å². The van der Waals surface area contributed by atoms with Crippen LogP contribution in [0.1, 0.15) is 61.3 Å². The average molecular weight is 252 g/mol. The lowest BCUT2D eigenvalue weighted by Crippen LogP contribution is -2.41. The molecule has 1 aliphatic heterocycles. The summed E-state index contributed by atoms with van der Waals surface area (Å²) in [5, 5.41) is 0. The number of hydrogen-bond acceptors (Lipinski definition) is 2. The number of rotatable bonds is 2. The van der Waals surface area contributed by atoms with Gasteiger partial charge in [-0.15, -0.1) is 0 Å². The summed E-state index contributed by atoms with van der Waals surface area (Å²) in [5.41, 5.74) is 1.36. The molecule has 0 spiro atoms. The molecule has 104 valence electrons. The molecule has 1 heterocycles. The molecule has 2 nitrogen and oxygen atoms in total. The molecule has 0 aromatic heterocycles. The Morgan fingerprint density at radius 3 is 1.94 bits per heavy atom. The van der Waals surface area contributed by atoms with E-state index in [9.17, 15) is 0 Å². The standard InChI is InChI=1S/C16H28O2/c1-11-8-12(14(2,3)10-11)9-13-17-15(4,5)16(6,7)18-13/h10,12-13H,8-9H2,1-7H3/t12-/m0/s1. The molecule has 0 N–H and O–H groups in total. The lowest BCUT2D eigenvalue weighted by molar-refractivity contribution is -0.103. The van der Waals surface area contributed by atoms with Crippen molar-refractivity contribution < 1.29 is 9.47 Å². The third kappa shape index (κ3) is 2.37. The molecule has 2 rings (SSSR count). The lowest BCUT2D eigenvalue weighted by atomic mass is 9.80. The Labute approximate surface area is 112 Å². The molecule has 0 saturated carbocycles. The lowest BCUT2D eigenvalue weighted by Gasteiger charge is -2.30. The highest BCUT2D eigenvalue weighted by Crippen LogP contribution is 2.47. The SMILES string of the molecule is CC1=CC(C)(C)[C@H](CC2OC(C)(C)C(C)(C)O2)C1. The Bertz CT molecular complexity index is 347. The van der Waals surface area contributed by atoms with Crippen molar-refractivity contribution in [3.05, 3.63) is 11.6 Å². The molecule has 2 aliphatic rings. The first-order valence-electron chi connectivity index (χ1n) is 7.07. The minimum atomic E-state index is -0.205. The second kappa shape index (κ2) is 4.08. The van der Waals surface area contributed by atoms with Crippen molar-refractivity contribution >= 4 is 0 Å². The van der Waals surface area contributed by atoms with Crippen molar-refractivity contribution in [1.29, 1.82) is 0 Å². The van der Waals surface area contributed by atoms with Gasteiger partial charge in [0.2, 0.25) is 0 Å². The van der Waals surface area contributed by atoms with E-state index in [0.29, 0.717) is 5.92 Å². The summed E-state index contributed by atoms with van der Waals surface area (Å²) in [6.07, 6.45) is 4.52. The van der Waals surface area contributed by atoms with Crippen LogP contribution in [0.4, 0.5) is 0 Å². The van der Waals surface area contributed by atoms with Crippen molar-refractivity contribution in [3.8, 4) is 0 Å². The summed E-state index contributed by atoms with van der Waals surface area (Å²) in [5.74, 6) is 0.632. The van der Waals surface area contributed by atoms with Crippen LogP contribution in [0.5, 0.6) is 0 Å². The molecule has 1 fully saturated rings. The van der Waals surface area contributed by atoms with Crippen LogP contribution in [-0.4, -0.2) is 17.5 Å². The molecule has 0 bridgehead atoms. The van der Waals surface area contributed by atoms with E-state index in [2.05, 4.69) is 54.5 Å². The van der Waals surface area contributed by atoms with Gasteiger partial charge in [-0.3, -0.25) is 0 Å². The predicted octanol–water partition coefficient (Wildman–Crippen LogP) is 4.30. The van der Waals surface area contributed by atoms with Crippen LogP contribution in [0, 0.1) is 11.3 Å². The van der Waals surface area contributed by atoms with E-state index >= 15 is 0 Å². The van der Waals surface area contributed by atoms with Gasteiger partial charge in [0.05, 0.1) is 11.2 Å². The van der Waals surface area contributed by atoms with Gasteiger partial charge in [0.15, 0.2) is 6.29 Å². The smallest absolute Gasteiger partial charge is 0.159 e. The van der Waals surface area contributed by atoms with E-state index < -0.39 is 0 Å². The van der Waals surface area contributed by atoms with Crippen LogP contribution in [0.2, 0.25) is 0 Å². The van der Waals surface area contributed by atoms with Gasteiger partial charge in [0.1, 0.15) is 0 Å². The van der Waals surface area contributed by atoms with Crippen molar-refractivity contribution in [1.82, 2.24) is 0 Å². The normalized spacial score (nSPS) is 33.7. The highest BCUT2D eigenvalue weighted by molar-refractivity contribution is 5.16. The van der Waals surface area contributed by atoms with Gasteiger partial charge < -0.3 is 9.47 Å². The zero-order valence-corrected chi connectivity index (χ0v) is 13.0. The van der Waals surface area contributed by atoms with E-state index in [4.69, 9.17) is 9.47 Å². The molecule has 1 aliphatic carbocycles. The first-order valence-corrected chi connectivity index (χ1v) is 7.07. The third-order valence-electron chi connectivity index (χ3n) is 5.02. The molecule has 18 heavy (non-hydrogen) atoms.